The lowest BCUT2D eigenvalue weighted by atomic mass is 10.2. The Morgan fingerprint density at radius 1 is 1.31 bits per heavy atom. The van der Waals surface area contributed by atoms with Crippen LogP contribution in [-0.4, -0.2) is 15.3 Å². The van der Waals surface area contributed by atoms with Crippen molar-refractivity contribution in [3.63, 3.8) is 0 Å². The number of anilines is 1. The molecule has 84 valence electrons. The fourth-order valence-electron chi connectivity index (χ4n) is 1.23. The zero-order valence-electron chi connectivity index (χ0n) is 7.93. The van der Waals surface area contributed by atoms with Gasteiger partial charge in [-0.05, 0) is 6.07 Å². The number of benzene rings is 1. The van der Waals surface area contributed by atoms with Crippen LogP contribution in [0.25, 0.3) is 11.0 Å². The van der Waals surface area contributed by atoms with Crippen LogP contribution in [0.15, 0.2) is 17.7 Å². The molecule has 0 amide bonds. The molecule has 0 radical (unpaired) electrons. The minimum absolute atomic E-state index is 0.412. The summed E-state index contributed by atoms with van der Waals surface area (Å²) in [6.07, 6.45) is 0. The number of nitrogens with zero attached hydrogens (tertiary/aromatic N) is 2. The number of rotatable bonds is 3. The Hall–Kier alpha value is -0.550. The van der Waals surface area contributed by atoms with Crippen LogP contribution in [0.2, 0.25) is 10.0 Å². The zero-order chi connectivity index (χ0) is 11.7. The molecule has 1 heterocycles. The molecule has 0 saturated carbocycles. The van der Waals surface area contributed by atoms with E-state index in [1.807, 2.05) is 0 Å². The van der Waals surface area contributed by atoms with Gasteiger partial charge in [0.05, 0.1) is 34.0 Å². The van der Waals surface area contributed by atoms with Crippen LogP contribution < -0.4 is 5.32 Å². The van der Waals surface area contributed by atoms with Gasteiger partial charge in [0, 0.05) is 5.03 Å². The summed E-state index contributed by atoms with van der Waals surface area (Å²) in [6.45, 7) is 4.00. The van der Waals surface area contributed by atoms with E-state index in [1.165, 1.54) is 0 Å². The van der Waals surface area contributed by atoms with Gasteiger partial charge in [-0.1, -0.05) is 41.4 Å². The van der Waals surface area contributed by atoms with Gasteiger partial charge >= 0.3 is 0 Å². The molecule has 1 aromatic heterocycles. The predicted molar refractivity (Wildman–Crippen MR) is 70.9 cm³/mol. The zero-order valence-corrected chi connectivity index (χ0v) is 11.0. The molecular formula is C9H6Cl3N3S. The second kappa shape index (κ2) is 4.75. The number of aromatic nitrogens is 2. The Morgan fingerprint density at radius 2 is 2.00 bits per heavy atom. The molecular weight excluding hydrogens is 289 g/mol. The smallest absolute Gasteiger partial charge is 0.130 e. The summed E-state index contributed by atoms with van der Waals surface area (Å²) in [6, 6.07) is 1.63. The van der Waals surface area contributed by atoms with E-state index in [9.17, 15) is 0 Å². The molecule has 0 atom stereocenters. The summed E-state index contributed by atoms with van der Waals surface area (Å²) in [5.41, 5.74) is 1.97. The average molecular weight is 295 g/mol. The summed E-state index contributed by atoms with van der Waals surface area (Å²) >= 11 is 18.8. The minimum Gasteiger partial charge on any atom is -0.377 e. The second-order valence-corrected chi connectivity index (χ2v) is 4.92. The summed E-state index contributed by atoms with van der Waals surface area (Å²) in [4.78, 5) is 0. The first-order valence-corrected chi connectivity index (χ1v) is 6.13. The van der Waals surface area contributed by atoms with Crippen LogP contribution in [0.4, 0.5) is 5.69 Å². The van der Waals surface area contributed by atoms with E-state index < -0.39 is 0 Å². The van der Waals surface area contributed by atoms with Crippen molar-refractivity contribution in [1.82, 2.24) is 8.75 Å². The Kier molecular flexibility index (Phi) is 3.54. The molecule has 0 unspecified atom stereocenters. The molecule has 0 aliphatic carbocycles. The first-order chi connectivity index (χ1) is 7.59. The van der Waals surface area contributed by atoms with Crippen molar-refractivity contribution in [2.45, 2.75) is 0 Å². The second-order valence-electron chi connectivity index (χ2n) is 3.05. The van der Waals surface area contributed by atoms with Gasteiger partial charge in [0.15, 0.2) is 0 Å². The highest BCUT2D eigenvalue weighted by Crippen LogP contribution is 2.35. The monoisotopic (exact) mass is 293 g/mol. The molecule has 2 aromatic rings. The van der Waals surface area contributed by atoms with E-state index in [1.54, 1.807) is 6.07 Å². The van der Waals surface area contributed by atoms with Gasteiger partial charge in [-0.25, -0.2) is 0 Å². The molecule has 1 aromatic carbocycles. The summed E-state index contributed by atoms with van der Waals surface area (Å²) in [5, 5.41) is 4.52. The van der Waals surface area contributed by atoms with Gasteiger partial charge in [-0.15, -0.1) is 0 Å². The van der Waals surface area contributed by atoms with Crippen molar-refractivity contribution < 1.29 is 0 Å². The Labute approximate surface area is 111 Å². The fourth-order valence-corrected chi connectivity index (χ4v) is 2.47. The maximum atomic E-state index is 6.07. The SMILES string of the molecule is C=C(Cl)CNc1c(Cl)cc(Cl)c2nsnc12. The van der Waals surface area contributed by atoms with Crippen molar-refractivity contribution in [1.29, 1.82) is 0 Å². The van der Waals surface area contributed by atoms with E-state index in [2.05, 4.69) is 20.6 Å². The number of hydrogen-bond donors (Lipinski definition) is 1. The molecule has 2 rings (SSSR count). The van der Waals surface area contributed by atoms with Gasteiger partial charge in [0.25, 0.3) is 0 Å². The van der Waals surface area contributed by atoms with Crippen LogP contribution in [0, 0.1) is 0 Å². The lowest BCUT2D eigenvalue weighted by Crippen LogP contribution is -2.02. The van der Waals surface area contributed by atoms with E-state index in [0.29, 0.717) is 38.3 Å². The first kappa shape index (κ1) is 11.9. The van der Waals surface area contributed by atoms with Crippen LogP contribution in [0.3, 0.4) is 0 Å². The van der Waals surface area contributed by atoms with Crippen LogP contribution in [0.1, 0.15) is 0 Å². The normalized spacial score (nSPS) is 10.7. The molecule has 3 nitrogen and oxygen atoms in total. The maximum Gasteiger partial charge on any atom is 0.130 e. The number of hydrogen-bond acceptors (Lipinski definition) is 4. The first-order valence-electron chi connectivity index (χ1n) is 4.27. The minimum atomic E-state index is 0.412. The maximum absolute atomic E-state index is 6.07. The molecule has 0 saturated heterocycles. The third-order valence-corrected chi connectivity index (χ3v) is 3.15. The average Bonchev–Trinajstić information content (AvgIpc) is 2.65. The number of fused-ring (bicyclic) bond motifs is 1. The quantitative estimate of drug-likeness (QED) is 0.923. The molecule has 0 aliphatic heterocycles. The standard InChI is InChI=1S/C9H6Cl3N3S/c1-4(10)3-13-7-5(11)2-6(12)8-9(7)15-16-14-8/h2,13H,1,3H2. The number of nitrogens with one attached hydrogen (secondary N) is 1. The predicted octanol–water partition coefficient (Wildman–Crippen LogP) is 4.16. The van der Waals surface area contributed by atoms with Crippen molar-refractivity contribution in [3.8, 4) is 0 Å². The van der Waals surface area contributed by atoms with Gasteiger partial charge in [-0.3, -0.25) is 0 Å². The molecule has 0 spiro atoms. The highest BCUT2D eigenvalue weighted by atomic mass is 35.5. The third-order valence-electron chi connectivity index (χ3n) is 1.90. The lowest BCUT2D eigenvalue weighted by Gasteiger charge is -2.08. The van der Waals surface area contributed by atoms with Crippen LogP contribution in [0.5, 0.6) is 0 Å². The molecule has 7 heteroatoms. The van der Waals surface area contributed by atoms with Crippen LogP contribution >= 0.6 is 46.5 Å². The summed E-state index contributed by atoms with van der Waals surface area (Å²) < 4.78 is 8.24. The van der Waals surface area contributed by atoms with Gasteiger partial charge in [-0.2, -0.15) is 8.75 Å². The lowest BCUT2D eigenvalue weighted by molar-refractivity contribution is 1.32. The largest absolute Gasteiger partial charge is 0.377 e. The topological polar surface area (TPSA) is 37.8 Å². The van der Waals surface area contributed by atoms with Crippen molar-refractivity contribution in [3.05, 3.63) is 27.7 Å². The number of halogens is 3. The van der Waals surface area contributed by atoms with E-state index >= 15 is 0 Å². The van der Waals surface area contributed by atoms with Gasteiger partial charge < -0.3 is 5.32 Å². The van der Waals surface area contributed by atoms with Gasteiger partial charge in [0.1, 0.15) is 11.0 Å². The highest BCUT2D eigenvalue weighted by Gasteiger charge is 2.13. The Morgan fingerprint density at radius 3 is 2.69 bits per heavy atom. The molecule has 0 aliphatic rings. The molecule has 1 N–H and O–H groups in total. The van der Waals surface area contributed by atoms with E-state index in [-0.39, 0.29) is 0 Å². The third kappa shape index (κ3) is 2.25. The Bertz CT molecular complexity index is 552. The van der Waals surface area contributed by atoms with E-state index in [0.717, 1.165) is 11.7 Å². The fraction of sp³-hybridized carbons (Fsp3) is 0.111. The van der Waals surface area contributed by atoms with Crippen molar-refractivity contribution in [2.24, 2.45) is 0 Å². The highest BCUT2D eigenvalue weighted by molar-refractivity contribution is 7.00. The van der Waals surface area contributed by atoms with Crippen molar-refractivity contribution >= 4 is 63.3 Å². The summed E-state index contributed by atoms with van der Waals surface area (Å²) in [5.74, 6) is 0. The summed E-state index contributed by atoms with van der Waals surface area (Å²) in [7, 11) is 0. The Balaban J connectivity index is 2.50. The molecule has 0 bridgehead atoms. The van der Waals surface area contributed by atoms with Crippen LogP contribution in [-0.2, 0) is 0 Å². The molecule has 0 fully saturated rings. The van der Waals surface area contributed by atoms with Gasteiger partial charge in [0.2, 0.25) is 0 Å². The van der Waals surface area contributed by atoms with Crippen molar-refractivity contribution in [2.75, 3.05) is 11.9 Å². The molecule has 16 heavy (non-hydrogen) atoms. The van der Waals surface area contributed by atoms with E-state index in [4.69, 9.17) is 34.8 Å².